The highest BCUT2D eigenvalue weighted by Gasteiger charge is 2.24. The maximum atomic E-state index is 13.1. The topological polar surface area (TPSA) is 84.5 Å². The largest absolute Gasteiger partial charge is 0.495 e. The Bertz CT molecular complexity index is 1260. The van der Waals surface area contributed by atoms with E-state index in [4.69, 9.17) is 4.74 Å². The van der Waals surface area contributed by atoms with E-state index in [-0.39, 0.29) is 17.2 Å². The van der Waals surface area contributed by atoms with Crippen LogP contribution in [0.2, 0.25) is 0 Å². The van der Waals surface area contributed by atoms with E-state index in [2.05, 4.69) is 10.0 Å². The number of hydrogen-bond acceptors (Lipinski definition) is 4. The normalized spacial score (nSPS) is 14.2. The summed E-state index contributed by atoms with van der Waals surface area (Å²) < 4.78 is 34.4. The van der Waals surface area contributed by atoms with Crippen molar-refractivity contribution in [2.24, 2.45) is 0 Å². The van der Waals surface area contributed by atoms with Crippen LogP contribution in [-0.4, -0.2) is 21.4 Å². The van der Waals surface area contributed by atoms with Crippen LogP contribution in [-0.2, 0) is 27.7 Å². The molecule has 1 aliphatic carbocycles. The summed E-state index contributed by atoms with van der Waals surface area (Å²) in [6.07, 6.45) is 4.21. The Morgan fingerprint density at radius 1 is 0.971 bits per heavy atom. The fourth-order valence-electron chi connectivity index (χ4n) is 4.30. The molecule has 0 bridgehead atoms. The zero-order valence-electron chi connectivity index (χ0n) is 19.5. The van der Waals surface area contributed by atoms with Gasteiger partial charge in [-0.15, -0.1) is 0 Å². The lowest BCUT2D eigenvalue weighted by molar-refractivity contribution is -0.116. The van der Waals surface area contributed by atoms with Crippen LogP contribution in [0.3, 0.4) is 0 Å². The molecule has 0 heterocycles. The van der Waals surface area contributed by atoms with E-state index >= 15 is 0 Å². The van der Waals surface area contributed by atoms with Gasteiger partial charge in [-0.2, -0.15) is 0 Å². The first-order valence-corrected chi connectivity index (χ1v) is 13.0. The molecular weight excluding hydrogens is 448 g/mol. The molecular formula is C27H30N2O4S. The van der Waals surface area contributed by atoms with E-state index in [9.17, 15) is 13.2 Å². The highest BCUT2D eigenvalue weighted by atomic mass is 32.2. The lowest BCUT2D eigenvalue weighted by Gasteiger charge is -2.21. The zero-order valence-corrected chi connectivity index (χ0v) is 20.3. The number of methoxy groups -OCH3 is 1. The van der Waals surface area contributed by atoms with Gasteiger partial charge in [0.15, 0.2) is 0 Å². The molecule has 4 rings (SSSR count). The smallest absolute Gasteiger partial charge is 0.241 e. The molecule has 1 atom stereocenters. The van der Waals surface area contributed by atoms with Crippen molar-refractivity contribution in [3.63, 3.8) is 0 Å². The average molecular weight is 479 g/mol. The first-order valence-electron chi connectivity index (χ1n) is 11.5. The highest BCUT2D eigenvalue weighted by molar-refractivity contribution is 7.89. The van der Waals surface area contributed by atoms with E-state index in [1.807, 2.05) is 49.4 Å². The summed E-state index contributed by atoms with van der Waals surface area (Å²) in [6.45, 7) is 1.90. The van der Waals surface area contributed by atoms with Crippen LogP contribution in [0, 0.1) is 6.92 Å². The second kappa shape index (κ2) is 10.4. The lowest BCUT2D eigenvalue weighted by atomic mass is 9.91. The van der Waals surface area contributed by atoms with Gasteiger partial charge in [0.05, 0.1) is 23.7 Å². The summed E-state index contributed by atoms with van der Waals surface area (Å²) in [7, 11) is -2.24. The molecule has 178 valence electrons. The molecule has 1 amide bonds. The number of amides is 1. The number of carbonyl (C=O) groups excluding carboxylic acids is 1. The first kappa shape index (κ1) is 24.0. The van der Waals surface area contributed by atoms with Gasteiger partial charge in [-0.3, -0.25) is 4.79 Å². The van der Waals surface area contributed by atoms with Gasteiger partial charge in [0.25, 0.3) is 0 Å². The minimum atomic E-state index is -3.82. The van der Waals surface area contributed by atoms with E-state index < -0.39 is 16.1 Å². The third-order valence-corrected chi connectivity index (χ3v) is 7.65. The number of hydrogen-bond donors (Lipinski definition) is 2. The maximum Gasteiger partial charge on any atom is 0.241 e. The molecule has 7 heteroatoms. The number of sulfonamides is 1. The molecule has 0 aromatic heterocycles. The molecule has 0 saturated heterocycles. The highest BCUT2D eigenvalue weighted by Crippen LogP contribution is 2.33. The number of nitrogens with one attached hydrogen (secondary N) is 2. The summed E-state index contributed by atoms with van der Waals surface area (Å²) in [4.78, 5) is 13.3. The zero-order chi connectivity index (χ0) is 24.1. The number of anilines is 1. The summed E-state index contributed by atoms with van der Waals surface area (Å²) in [5, 5.41) is 2.95. The molecule has 0 unspecified atom stereocenters. The van der Waals surface area contributed by atoms with Gasteiger partial charge in [-0.25, -0.2) is 13.1 Å². The van der Waals surface area contributed by atoms with Crippen molar-refractivity contribution in [1.82, 2.24) is 4.72 Å². The number of rotatable bonds is 8. The van der Waals surface area contributed by atoms with Crippen LogP contribution in [0.1, 0.15) is 47.6 Å². The minimum absolute atomic E-state index is 0.0602. The van der Waals surface area contributed by atoms with E-state index in [1.165, 1.54) is 11.1 Å². The summed E-state index contributed by atoms with van der Waals surface area (Å²) in [6, 6.07) is 19.0. The molecule has 3 aromatic rings. The Morgan fingerprint density at radius 2 is 1.62 bits per heavy atom. The first-order chi connectivity index (χ1) is 16.4. The summed E-state index contributed by atoms with van der Waals surface area (Å²) in [5.74, 6) is 0.319. The van der Waals surface area contributed by atoms with Crippen molar-refractivity contribution in [2.75, 3.05) is 12.4 Å². The molecule has 6 nitrogen and oxygen atoms in total. The van der Waals surface area contributed by atoms with Crippen molar-refractivity contribution in [3.8, 4) is 5.75 Å². The second-order valence-electron chi connectivity index (χ2n) is 8.68. The van der Waals surface area contributed by atoms with Crippen molar-refractivity contribution in [3.05, 3.63) is 89.0 Å². The molecule has 0 aliphatic heterocycles. The molecule has 2 N–H and O–H groups in total. The maximum absolute atomic E-state index is 13.1. The molecule has 0 spiro atoms. The van der Waals surface area contributed by atoms with Crippen molar-refractivity contribution >= 4 is 21.6 Å². The van der Waals surface area contributed by atoms with Crippen LogP contribution in [0.5, 0.6) is 5.75 Å². The number of fused-ring (bicyclic) bond motifs is 1. The van der Waals surface area contributed by atoms with Gasteiger partial charge in [0.1, 0.15) is 5.75 Å². The second-order valence-corrected chi connectivity index (χ2v) is 10.4. The van der Waals surface area contributed by atoms with Gasteiger partial charge in [-0.05, 0) is 73.6 Å². The quantitative estimate of drug-likeness (QED) is 0.481. The Hall–Kier alpha value is -3.16. The lowest BCUT2D eigenvalue weighted by Crippen LogP contribution is -2.31. The predicted molar refractivity (Wildman–Crippen MR) is 134 cm³/mol. The summed E-state index contributed by atoms with van der Waals surface area (Å²) >= 11 is 0. The number of carbonyl (C=O) groups is 1. The molecule has 0 radical (unpaired) electrons. The van der Waals surface area contributed by atoms with Crippen molar-refractivity contribution < 1.29 is 17.9 Å². The van der Waals surface area contributed by atoms with E-state index in [0.717, 1.165) is 31.2 Å². The molecule has 0 fully saturated rings. The standard InChI is InChI=1S/C27H30N2O4S/c1-19-12-14-23(15-13-19)34(31,32)29-24(20-8-4-3-5-9-20)18-27(30)28-25-16-21-10-6-7-11-22(21)17-26(25)33-2/h3-5,8-9,12-17,24,29H,6-7,10-11,18H2,1-2H3,(H,28,30)/t24-/m0/s1. The molecule has 0 saturated carbocycles. The Labute approximate surface area is 201 Å². The Kier molecular flexibility index (Phi) is 7.34. The molecule has 1 aliphatic rings. The van der Waals surface area contributed by atoms with Gasteiger partial charge in [0.2, 0.25) is 15.9 Å². The average Bonchev–Trinajstić information content (AvgIpc) is 2.84. The van der Waals surface area contributed by atoms with Crippen LogP contribution in [0.15, 0.2) is 71.6 Å². The van der Waals surface area contributed by atoms with Gasteiger partial charge in [0, 0.05) is 6.42 Å². The fourth-order valence-corrected chi connectivity index (χ4v) is 5.53. The van der Waals surface area contributed by atoms with Crippen LogP contribution in [0.25, 0.3) is 0 Å². The fraction of sp³-hybridized carbons (Fsp3) is 0.296. The van der Waals surface area contributed by atoms with Gasteiger partial charge >= 0.3 is 0 Å². The monoisotopic (exact) mass is 478 g/mol. The number of ether oxygens (including phenoxy) is 1. The van der Waals surface area contributed by atoms with E-state index in [0.29, 0.717) is 17.0 Å². The SMILES string of the molecule is COc1cc2c(cc1NC(=O)C[C@H](NS(=O)(=O)c1ccc(C)cc1)c1ccccc1)CCCC2. The van der Waals surface area contributed by atoms with Crippen LogP contribution in [0.4, 0.5) is 5.69 Å². The number of benzene rings is 3. The van der Waals surface area contributed by atoms with Crippen molar-refractivity contribution in [1.29, 1.82) is 0 Å². The van der Waals surface area contributed by atoms with Gasteiger partial charge in [-0.1, -0.05) is 48.0 Å². The van der Waals surface area contributed by atoms with E-state index in [1.54, 1.807) is 31.4 Å². The Balaban J connectivity index is 1.56. The van der Waals surface area contributed by atoms with Crippen LogP contribution < -0.4 is 14.8 Å². The van der Waals surface area contributed by atoms with Crippen LogP contribution >= 0.6 is 0 Å². The third kappa shape index (κ3) is 5.66. The van der Waals surface area contributed by atoms with Crippen molar-refractivity contribution in [2.45, 2.75) is 50.0 Å². The summed E-state index contributed by atoms with van der Waals surface area (Å²) in [5.41, 5.74) is 4.78. The van der Waals surface area contributed by atoms with Gasteiger partial charge < -0.3 is 10.1 Å². The number of aryl methyl sites for hydroxylation is 3. The molecule has 3 aromatic carbocycles. The third-order valence-electron chi connectivity index (χ3n) is 6.16. The minimum Gasteiger partial charge on any atom is -0.495 e. The molecule has 34 heavy (non-hydrogen) atoms. The Morgan fingerprint density at radius 3 is 2.26 bits per heavy atom. The predicted octanol–water partition coefficient (Wildman–Crippen LogP) is 4.93.